The van der Waals surface area contributed by atoms with Gasteiger partial charge in [0.1, 0.15) is 17.0 Å². The SMILES string of the molecule is COc1ccc(CO[C@@](C)(c2ccccc2)[C@H](NC(=O)OC(C)(C)C)C(=O)O)cc1. The molecule has 0 heterocycles. The molecule has 0 fully saturated rings. The molecule has 2 atom stereocenters. The molecule has 2 N–H and O–H groups in total. The molecule has 0 bridgehead atoms. The highest BCUT2D eigenvalue weighted by molar-refractivity contribution is 5.81. The molecule has 0 saturated carbocycles. The first-order chi connectivity index (χ1) is 14.0. The zero-order chi connectivity index (χ0) is 22.4. The fourth-order valence-electron chi connectivity index (χ4n) is 2.92. The van der Waals surface area contributed by atoms with Crippen molar-refractivity contribution in [3.05, 3.63) is 65.7 Å². The fraction of sp³-hybridized carbons (Fsp3) is 0.391. The summed E-state index contributed by atoms with van der Waals surface area (Å²) in [6.45, 7) is 6.90. The number of carboxylic acids is 1. The van der Waals surface area contributed by atoms with E-state index in [0.717, 1.165) is 5.56 Å². The number of ether oxygens (including phenoxy) is 3. The summed E-state index contributed by atoms with van der Waals surface area (Å²) >= 11 is 0. The van der Waals surface area contributed by atoms with Crippen LogP contribution in [0.4, 0.5) is 4.79 Å². The van der Waals surface area contributed by atoms with Gasteiger partial charge in [-0.3, -0.25) is 0 Å². The summed E-state index contributed by atoms with van der Waals surface area (Å²) < 4.78 is 16.5. The third-order valence-corrected chi connectivity index (χ3v) is 4.50. The minimum Gasteiger partial charge on any atom is -0.497 e. The Bertz CT molecular complexity index is 844. The zero-order valence-corrected chi connectivity index (χ0v) is 18.0. The highest BCUT2D eigenvalue weighted by atomic mass is 16.6. The lowest BCUT2D eigenvalue weighted by atomic mass is 9.87. The number of carbonyl (C=O) groups excluding carboxylic acids is 1. The first-order valence-corrected chi connectivity index (χ1v) is 9.60. The van der Waals surface area contributed by atoms with Crippen LogP contribution in [-0.2, 0) is 26.5 Å². The Morgan fingerprint density at radius 2 is 1.60 bits per heavy atom. The summed E-state index contributed by atoms with van der Waals surface area (Å²) in [5.74, 6) is -0.526. The maximum Gasteiger partial charge on any atom is 0.408 e. The molecule has 0 spiro atoms. The summed E-state index contributed by atoms with van der Waals surface area (Å²) in [6.07, 6.45) is -0.829. The second-order valence-corrected chi connectivity index (χ2v) is 8.03. The van der Waals surface area contributed by atoms with Crippen molar-refractivity contribution in [2.75, 3.05) is 7.11 Å². The predicted molar refractivity (Wildman–Crippen MR) is 112 cm³/mol. The van der Waals surface area contributed by atoms with Crippen LogP contribution in [0.25, 0.3) is 0 Å². The molecule has 0 saturated heterocycles. The van der Waals surface area contributed by atoms with Crippen molar-refractivity contribution in [3.63, 3.8) is 0 Å². The van der Waals surface area contributed by atoms with Crippen LogP contribution in [0.2, 0.25) is 0 Å². The van der Waals surface area contributed by atoms with Gasteiger partial charge < -0.3 is 24.6 Å². The van der Waals surface area contributed by atoms with Crippen LogP contribution in [0.5, 0.6) is 5.75 Å². The quantitative estimate of drug-likeness (QED) is 0.674. The van der Waals surface area contributed by atoms with Crippen LogP contribution < -0.4 is 10.1 Å². The predicted octanol–water partition coefficient (Wildman–Crippen LogP) is 4.11. The van der Waals surface area contributed by atoms with Crippen molar-refractivity contribution >= 4 is 12.1 Å². The van der Waals surface area contributed by atoms with Gasteiger partial charge in [-0.25, -0.2) is 9.59 Å². The zero-order valence-electron chi connectivity index (χ0n) is 18.0. The first kappa shape index (κ1) is 23.2. The van der Waals surface area contributed by atoms with Gasteiger partial charge in [-0.1, -0.05) is 42.5 Å². The van der Waals surface area contributed by atoms with Gasteiger partial charge >= 0.3 is 12.1 Å². The molecular formula is C23H29NO6. The maximum absolute atomic E-state index is 12.3. The second-order valence-electron chi connectivity index (χ2n) is 8.03. The molecule has 7 heteroatoms. The molecule has 2 aromatic rings. The second kappa shape index (κ2) is 9.63. The van der Waals surface area contributed by atoms with Crippen LogP contribution in [0.3, 0.4) is 0 Å². The van der Waals surface area contributed by atoms with Crippen molar-refractivity contribution in [2.45, 2.75) is 51.5 Å². The van der Waals surface area contributed by atoms with Gasteiger partial charge in [0.25, 0.3) is 0 Å². The van der Waals surface area contributed by atoms with E-state index in [1.165, 1.54) is 0 Å². The first-order valence-electron chi connectivity index (χ1n) is 9.60. The third kappa shape index (κ3) is 6.22. The Balaban J connectivity index is 2.33. The van der Waals surface area contributed by atoms with E-state index >= 15 is 0 Å². The lowest BCUT2D eigenvalue weighted by Gasteiger charge is -2.36. The van der Waals surface area contributed by atoms with Crippen molar-refractivity contribution in [1.82, 2.24) is 5.32 Å². The molecule has 2 rings (SSSR count). The van der Waals surface area contributed by atoms with E-state index < -0.39 is 29.3 Å². The molecule has 30 heavy (non-hydrogen) atoms. The number of amides is 1. The van der Waals surface area contributed by atoms with Crippen LogP contribution in [-0.4, -0.2) is 35.9 Å². The normalized spacial score (nSPS) is 14.3. The molecule has 0 aromatic heterocycles. The maximum atomic E-state index is 12.3. The molecule has 7 nitrogen and oxygen atoms in total. The van der Waals surface area contributed by atoms with Gasteiger partial charge in [0.15, 0.2) is 6.04 Å². The number of hydrogen-bond donors (Lipinski definition) is 2. The van der Waals surface area contributed by atoms with Crippen LogP contribution >= 0.6 is 0 Å². The number of alkyl carbamates (subject to hydrolysis) is 1. The minimum absolute atomic E-state index is 0.134. The largest absolute Gasteiger partial charge is 0.497 e. The molecule has 0 aliphatic carbocycles. The standard InChI is InChI=1S/C23H29NO6/c1-22(2,3)30-21(27)24-19(20(25)26)23(4,17-9-7-6-8-10-17)29-15-16-11-13-18(28-5)14-12-16/h6-14,19H,15H2,1-5H3,(H,24,27)(H,25,26)/t19-,23+/m1/s1. The molecule has 0 aliphatic rings. The van der Waals surface area contributed by atoms with Crippen molar-refractivity contribution in [2.24, 2.45) is 0 Å². The third-order valence-electron chi connectivity index (χ3n) is 4.50. The highest BCUT2D eigenvalue weighted by Gasteiger charge is 2.44. The van der Waals surface area contributed by atoms with E-state index in [1.807, 2.05) is 18.2 Å². The van der Waals surface area contributed by atoms with E-state index in [2.05, 4.69) is 5.32 Å². The Kier molecular flexibility index (Phi) is 7.45. The average Bonchev–Trinajstić information content (AvgIpc) is 2.70. The van der Waals surface area contributed by atoms with Gasteiger partial charge in [0, 0.05) is 0 Å². The molecular weight excluding hydrogens is 386 g/mol. The molecule has 0 unspecified atom stereocenters. The molecule has 0 radical (unpaired) electrons. The molecule has 1 amide bonds. The Morgan fingerprint density at radius 3 is 2.10 bits per heavy atom. The number of nitrogens with one attached hydrogen (secondary N) is 1. The summed E-state index contributed by atoms with van der Waals surface area (Å²) in [6, 6.07) is 14.8. The van der Waals surface area contributed by atoms with E-state index in [0.29, 0.717) is 11.3 Å². The van der Waals surface area contributed by atoms with E-state index in [4.69, 9.17) is 14.2 Å². The van der Waals surface area contributed by atoms with Gasteiger partial charge in [0.2, 0.25) is 0 Å². The Hall–Kier alpha value is -3.06. The molecule has 162 valence electrons. The number of aliphatic carboxylic acids is 1. The van der Waals surface area contributed by atoms with Gasteiger partial charge in [-0.15, -0.1) is 0 Å². The van der Waals surface area contributed by atoms with E-state index in [1.54, 1.807) is 71.2 Å². The lowest BCUT2D eigenvalue weighted by molar-refractivity contribution is -0.153. The van der Waals surface area contributed by atoms with Crippen molar-refractivity contribution < 1.29 is 28.9 Å². The van der Waals surface area contributed by atoms with Crippen molar-refractivity contribution in [1.29, 1.82) is 0 Å². The van der Waals surface area contributed by atoms with Gasteiger partial charge in [-0.05, 0) is 51.0 Å². The van der Waals surface area contributed by atoms with Crippen molar-refractivity contribution in [3.8, 4) is 5.75 Å². The Morgan fingerprint density at radius 1 is 1.00 bits per heavy atom. The number of carbonyl (C=O) groups is 2. The highest BCUT2D eigenvalue weighted by Crippen LogP contribution is 2.31. The van der Waals surface area contributed by atoms with E-state index in [9.17, 15) is 14.7 Å². The summed E-state index contributed by atoms with van der Waals surface area (Å²) in [5.41, 5.74) is -0.675. The number of benzene rings is 2. The summed E-state index contributed by atoms with van der Waals surface area (Å²) in [5, 5.41) is 12.4. The molecule has 2 aromatic carbocycles. The topological polar surface area (TPSA) is 94.1 Å². The lowest BCUT2D eigenvalue weighted by Crippen LogP contribution is -2.55. The Labute approximate surface area is 177 Å². The van der Waals surface area contributed by atoms with Crippen LogP contribution in [0, 0.1) is 0 Å². The number of hydrogen-bond acceptors (Lipinski definition) is 5. The smallest absolute Gasteiger partial charge is 0.408 e. The van der Waals surface area contributed by atoms with Gasteiger partial charge in [-0.2, -0.15) is 0 Å². The average molecular weight is 415 g/mol. The van der Waals surface area contributed by atoms with E-state index in [-0.39, 0.29) is 6.61 Å². The monoisotopic (exact) mass is 415 g/mol. The minimum atomic E-state index is -1.38. The molecule has 0 aliphatic heterocycles. The fourth-order valence-corrected chi connectivity index (χ4v) is 2.92. The number of rotatable bonds is 8. The van der Waals surface area contributed by atoms with Crippen LogP contribution in [0.1, 0.15) is 38.8 Å². The van der Waals surface area contributed by atoms with Gasteiger partial charge in [0.05, 0.1) is 13.7 Å². The van der Waals surface area contributed by atoms with Crippen LogP contribution in [0.15, 0.2) is 54.6 Å². The number of methoxy groups -OCH3 is 1. The summed E-state index contributed by atoms with van der Waals surface area (Å²) in [7, 11) is 1.58. The summed E-state index contributed by atoms with van der Waals surface area (Å²) in [4.78, 5) is 24.5. The number of carboxylic acid groups (broad SMARTS) is 1.